The molecule has 1 aromatic heterocycles. The maximum atomic E-state index is 10.6. The van der Waals surface area contributed by atoms with Gasteiger partial charge in [-0.3, -0.25) is 4.90 Å². The molecular weight excluding hydrogens is 352 g/mol. The third-order valence-electron chi connectivity index (χ3n) is 4.85. The normalized spacial score (nSPS) is 18.1. The number of hydrogen-bond acceptors (Lipinski definition) is 6. The summed E-state index contributed by atoms with van der Waals surface area (Å²) in [5.74, 6) is 1.17. The summed E-state index contributed by atoms with van der Waals surface area (Å²) in [7, 11) is 0. The Hall–Kier alpha value is -1.76. The number of aliphatic hydroxyl groups is 1. The number of aryl methyl sites for hydroxylation is 1. The maximum Gasteiger partial charge on any atom is 0.224 e. The van der Waals surface area contributed by atoms with Gasteiger partial charge < -0.3 is 14.8 Å². The fourth-order valence-corrected chi connectivity index (χ4v) is 3.73. The van der Waals surface area contributed by atoms with Crippen LogP contribution in [0.15, 0.2) is 18.2 Å². The summed E-state index contributed by atoms with van der Waals surface area (Å²) in [6.45, 7) is 8.53. The largest absolute Gasteiger partial charge is 0.386 e. The summed E-state index contributed by atoms with van der Waals surface area (Å²) in [6.07, 6.45) is 0.263. The number of aliphatic hydroxyl groups excluding tert-OH is 1. The van der Waals surface area contributed by atoms with E-state index in [4.69, 9.17) is 11.6 Å². The lowest BCUT2D eigenvalue weighted by molar-refractivity contribution is -0.115. The molecule has 7 heteroatoms. The van der Waals surface area contributed by atoms with Crippen molar-refractivity contribution >= 4 is 34.6 Å². The van der Waals surface area contributed by atoms with Gasteiger partial charge in [-0.25, -0.2) is 4.98 Å². The number of anilines is 1. The van der Waals surface area contributed by atoms with E-state index in [1.807, 2.05) is 13.0 Å². The highest BCUT2D eigenvalue weighted by Gasteiger charge is 2.22. The molecule has 2 heterocycles. The van der Waals surface area contributed by atoms with Crippen LogP contribution in [0.3, 0.4) is 0 Å². The van der Waals surface area contributed by atoms with Gasteiger partial charge in [0.15, 0.2) is 0 Å². The Balaban J connectivity index is 1.67. The average molecular weight is 377 g/mol. The quantitative estimate of drug-likeness (QED) is 0.616. The summed E-state index contributed by atoms with van der Waals surface area (Å²) in [5, 5.41) is 10.8. The van der Waals surface area contributed by atoms with Crippen LogP contribution in [-0.2, 0) is 4.79 Å². The molecule has 140 valence electrons. The molecule has 0 amide bonds. The number of benzene rings is 1. The molecule has 0 bridgehead atoms. The van der Waals surface area contributed by atoms with Gasteiger partial charge in [0, 0.05) is 38.1 Å². The van der Waals surface area contributed by atoms with Gasteiger partial charge in [0.25, 0.3) is 0 Å². The number of piperazine rings is 1. The Labute approximate surface area is 158 Å². The van der Waals surface area contributed by atoms with Gasteiger partial charge in [0.1, 0.15) is 18.2 Å². The Kier molecular flexibility index (Phi) is 6.06. The molecule has 6 nitrogen and oxygen atoms in total. The van der Waals surface area contributed by atoms with Gasteiger partial charge in [-0.2, -0.15) is 4.98 Å². The number of carbonyl (C=O) groups excluding carboxylic acids is 1. The van der Waals surface area contributed by atoms with Crippen molar-refractivity contribution in [3.63, 3.8) is 0 Å². The van der Waals surface area contributed by atoms with Crippen molar-refractivity contribution in [1.29, 1.82) is 0 Å². The number of hydrogen-bond donors (Lipinski definition) is 1. The molecule has 2 atom stereocenters. The van der Waals surface area contributed by atoms with Gasteiger partial charge in [0.05, 0.1) is 5.52 Å². The third kappa shape index (κ3) is 4.50. The van der Waals surface area contributed by atoms with E-state index in [9.17, 15) is 9.90 Å². The second kappa shape index (κ2) is 8.29. The summed E-state index contributed by atoms with van der Waals surface area (Å²) in [4.78, 5) is 24.0. The van der Waals surface area contributed by atoms with Crippen molar-refractivity contribution in [3.05, 3.63) is 29.0 Å². The fourth-order valence-electron chi connectivity index (χ4n) is 3.56. The first kappa shape index (κ1) is 19.0. The van der Waals surface area contributed by atoms with Crippen molar-refractivity contribution in [2.24, 2.45) is 5.92 Å². The van der Waals surface area contributed by atoms with Crippen LogP contribution in [0, 0.1) is 12.8 Å². The van der Waals surface area contributed by atoms with Crippen LogP contribution in [0.2, 0.25) is 5.28 Å². The van der Waals surface area contributed by atoms with Crippen LogP contribution in [0.4, 0.5) is 5.82 Å². The van der Waals surface area contributed by atoms with Crippen LogP contribution in [0.25, 0.3) is 10.9 Å². The molecule has 2 unspecified atom stereocenters. The molecule has 0 spiro atoms. The minimum absolute atomic E-state index is 0.275. The van der Waals surface area contributed by atoms with Crippen molar-refractivity contribution in [1.82, 2.24) is 14.9 Å². The number of carbonyl (C=O) groups is 1. The fraction of sp³-hybridized carbons (Fsp3) is 0.526. The first-order chi connectivity index (χ1) is 12.5. The van der Waals surface area contributed by atoms with Crippen LogP contribution in [-0.4, -0.2) is 65.1 Å². The number of nitrogens with zero attached hydrogens (tertiary/aromatic N) is 4. The van der Waals surface area contributed by atoms with Crippen LogP contribution < -0.4 is 4.90 Å². The SMILES string of the molecule is Cc1ccc2c(N3CCN(CC(C)CC(O)C=O)CC3)nc(Cl)nc2c1. The predicted molar refractivity (Wildman–Crippen MR) is 104 cm³/mol. The zero-order valence-electron chi connectivity index (χ0n) is 15.2. The number of aromatic nitrogens is 2. The monoisotopic (exact) mass is 376 g/mol. The number of fused-ring (bicyclic) bond motifs is 1. The van der Waals surface area contributed by atoms with E-state index in [2.05, 4.69) is 38.8 Å². The molecule has 1 aromatic carbocycles. The second-order valence-corrected chi connectivity index (χ2v) is 7.51. The first-order valence-corrected chi connectivity index (χ1v) is 9.38. The molecule has 1 fully saturated rings. The molecule has 26 heavy (non-hydrogen) atoms. The Morgan fingerprint density at radius 2 is 2.00 bits per heavy atom. The van der Waals surface area contributed by atoms with Crippen LogP contribution in [0.5, 0.6) is 0 Å². The summed E-state index contributed by atoms with van der Waals surface area (Å²) in [5.41, 5.74) is 2.02. The van der Waals surface area contributed by atoms with Gasteiger partial charge in [-0.15, -0.1) is 0 Å². The van der Waals surface area contributed by atoms with E-state index in [-0.39, 0.29) is 11.2 Å². The van der Waals surface area contributed by atoms with E-state index in [0.717, 1.165) is 55.0 Å². The Bertz CT molecular complexity index is 772. The Morgan fingerprint density at radius 3 is 2.69 bits per heavy atom. The highest BCUT2D eigenvalue weighted by Crippen LogP contribution is 2.27. The number of rotatable bonds is 6. The number of halogens is 1. The average Bonchev–Trinajstić information content (AvgIpc) is 2.61. The van der Waals surface area contributed by atoms with E-state index >= 15 is 0 Å². The molecule has 1 saturated heterocycles. The van der Waals surface area contributed by atoms with E-state index in [1.165, 1.54) is 0 Å². The summed E-state index contributed by atoms with van der Waals surface area (Å²) < 4.78 is 0. The minimum atomic E-state index is -0.857. The topological polar surface area (TPSA) is 69.6 Å². The number of aldehydes is 1. The first-order valence-electron chi connectivity index (χ1n) is 9.01. The van der Waals surface area contributed by atoms with Crippen LogP contribution in [0.1, 0.15) is 18.9 Å². The molecule has 1 N–H and O–H groups in total. The van der Waals surface area contributed by atoms with Gasteiger partial charge in [-0.1, -0.05) is 13.0 Å². The van der Waals surface area contributed by atoms with Crippen molar-refractivity contribution < 1.29 is 9.90 Å². The molecule has 0 aliphatic carbocycles. The molecule has 3 rings (SSSR count). The lowest BCUT2D eigenvalue weighted by Gasteiger charge is -2.37. The highest BCUT2D eigenvalue weighted by atomic mass is 35.5. The van der Waals surface area contributed by atoms with Crippen molar-refractivity contribution in [3.8, 4) is 0 Å². The standard InChI is InChI=1S/C19H25ClN4O2/c1-13-3-4-16-17(10-13)21-19(20)22-18(16)24-7-5-23(6-8-24)11-14(2)9-15(26)12-25/h3-4,10,12,14-15,26H,5-9,11H2,1-2H3. The zero-order valence-corrected chi connectivity index (χ0v) is 16.0. The van der Waals surface area contributed by atoms with Crippen molar-refractivity contribution in [2.75, 3.05) is 37.6 Å². The van der Waals surface area contributed by atoms with Gasteiger partial charge in [0.2, 0.25) is 5.28 Å². The van der Waals surface area contributed by atoms with E-state index in [0.29, 0.717) is 12.7 Å². The smallest absolute Gasteiger partial charge is 0.224 e. The van der Waals surface area contributed by atoms with E-state index < -0.39 is 6.10 Å². The lowest BCUT2D eigenvalue weighted by atomic mass is 10.0. The molecular formula is C19H25ClN4O2. The van der Waals surface area contributed by atoms with Gasteiger partial charge in [-0.05, 0) is 48.6 Å². The van der Waals surface area contributed by atoms with E-state index in [1.54, 1.807) is 0 Å². The molecule has 0 radical (unpaired) electrons. The molecule has 0 saturated carbocycles. The molecule has 1 aliphatic rings. The second-order valence-electron chi connectivity index (χ2n) is 7.17. The third-order valence-corrected chi connectivity index (χ3v) is 5.02. The summed E-state index contributed by atoms with van der Waals surface area (Å²) >= 11 is 6.14. The van der Waals surface area contributed by atoms with Gasteiger partial charge >= 0.3 is 0 Å². The summed E-state index contributed by atoms with van der Waals surface area (Å²) in [6, 6.07) is 6.16. The highest BCUT2D eigenvalue weighted by molar-refractivity contribution is 6.28. The maximum absolute atomic E-state index is 10.6. The molecule has 2 aromatic rings. The zero-order chi connectivity index (χ0) is 18.7. The Morgan fingerprint density at radius 1 is 1.27 bits per heavy atom. The molecule has 1 aliphatic heterocycles. The van der Waals surface area contributed by atoms with Crippen LogP contribution >= 0.6 is 11.6 Å². The van der Waals surface area contributed by atoms with Crippen molar-refractivity contribution in [2.45, 2.75) is 26.4 Å². The minimum Gasteiger partial charge on any atom is -0.386 e. The predicted octanol–water partition coefficient (Wildman–Crippen LogP) is 2.30. The lowest BCUT2D eigenvalue weighted by Crippen LogP contribution is -2.48.